The zero-order chi connectivity index (χ0) is 18.3. The molecule has 0 spiro atoms. The van der Waals surface area contributed by atoms with Crippen molar-refractivity contribution in [3.05, 3.63) is 65.5 Å². The maximum Gasteiger partial charge on any atom is 0.254 e. The number of aryl methyl sites for hydroxylation is 2. The molecular weight excluding hydrogens is 331 g/mol. The molecule has 1 aliphatic carbocycles. The van der Waals surface area contributed by atoms with E-state index in [9.17, 15) is 9.18 Å². The number of nitrogens with zero attached hydrogens (tertiary/aromatic N) is 3. The van der Waals surface area contributed by atoms with Crippen LogP contribution in [0.15, 0.2) is 43.0 Å². The number of hydrogen-bond acceptors (Lipinski definition) is 3. The van der Waals surface area contributed by atoms with Gasteiger partial charge >= 0.3 is 0 Å². The van der Waals surface area contributed by atoms with E-state index in [4.69, 9.17) is 0 Å². The Bertz CT molecular complexity index is 991. The first-order valence-corrected chi connectivity index (χ1v) is 8.59. The number of carbonyl (C=O) groups is 1. The summed E-state index contributed by atoms with van der Waals surface area (Å²) in [4.78, 5) is 16.5. The Morgan fingerprint density at radius 1 is 1.19 bits per heavy atom. The van der Waals surface area contributed by atoms with E-state index in [0.717, 1.165) is 40.8 Å². The third-order valence-corrected chi connectivity index (χ3v) is 4.49. The molecule has 3 aromatic rings. The van der Waals surface area contributed by atoms with Crippen molar-refractivity contribution in [3.63, 3.8) is 0 Å². The average molecular weight is 350 g/mol. The number of hydrogen-bond donors (Lipinski definition) is 1. The Hall–Kier alpha value is -3.02. The van der Waals surface area contributed by atoms with Crippen molar-refractivity contribution in [1.29, 1.82) is 0 Å². The summed E-state index contributed by atoms with van der Waals surface area (Å²) in [5.41, 5.74) is 4.33. The monoisotopic (exact) mass is 350 g/mol. The lowest BCUT2D eigenvalue weighted by Gasteiger charge is -2.09. The Kier molecular flexibility index (Phi) is 4.03. The van der Waals surface area contributed by atoms with Gasteiger partial charge in [0.15, 0.2) is 0 Å². The number of aromatic nitrogens is 3. The highest BCUT2D eigenvalue weighted by atomic mass is 19.1. The summed E-state index contributed by atoms with van der Waals surface area (Å²) in [7, 11) is 0. The summed E-state index contributed by atoms with van der Waals surface area (Å²) in [6.07, 6.45) is 9.01. The topological polar surface area (TPSA) is 59.8 Å². The van der Waals surface area contributed by atoms with Gasteiger partial charge in [-0.25, -0.2) is 9.07 Å². The molecule has 4 rings (SSSR count). The highest BCUT2D eigenvalue weighted by molar-refractivity contribution is 5.96. The molecule has 0 unspecified atom stereocenters. The molecular formula is C20H19FN4O. The lowest BCUT2D eigenvalue weighted by molar-refractivity contribution is 0.0947. The van der Waals surface area contributed by atoms with E-state index in [1.165, 1.54) is 6.07 Å². The number of halogens is 1. The highest BCUT2D eigenvalue weighted by Gasteiger charge is 2.25. The first kappa shape index (κ1) is 16.4. The van der Waals surface area contributed by atoms with Crippen molar-refractivity contribution < 1.29 is 9.18 Å². The van der Waals surface area contributed by atoms with Gasteiger partial charge in [-0.2, -0.15) is 5.10 Å². The van der Waals surface area contributed by atoms with Crippen molar-refractivity contribution in [1.82, 2.24) is 20.1 Å². The lowest BCUT2D eigenvalue weighted by atomic mass is 9.99. The van der Waals surface area contributed by atoms with Crippen LogP contribution in [0.4, 0.5) is 4.39 Å². The molecule has 2 aromatic heterocycles. The molecule has 2 heterocycles. The van der Waals surface area contributed by atoms with Crippen molar-refractivity contribution in [2.75, 3.05) is 0 Å². The zero-order valence-electron chi connectivity index (χ0n) is 14.7. The van der Waals surface area contributed by atoms with Crippen LogP contribution >= 0.6 is 0 Å². The van der Waals surface area contributed by atoms with Gasteiger partial charge in [-0.1, -0.05) is 0 Å². The second-order valence-electron chi connectivity index (χ2n) is 6.79. The standard InChI is InChI=1S/C20H19FN4O/c1-12-5-16(10-22-8-12)25-11-14(9-23-25)17-7-18(19(21)6-13(17)2)20(26)24-15-3-4-15/h5-11,15H,3-4H2,1-2H3,(H,24,26). The minimum atomic E-state index is -0.500. The van der Waals surface area contributed by atoms with Crippen LogP contribution in [-0.4, -0.2) is 26.7 Å². The van der Waals surface area contributed by atoms with Gasteiger partial charge in [-0.3, -0.25) is 9.78 Å². The number of pyridine rings is 1. The molecule has 1 aromatic carbocycles. The van der Waals surface area contributed by atoms with Gasteiger partial charge in [0.25, 0.3) is 5.91 Å². The Labute approximate surface area is 150 Å². The van der Waals surface area contributed by atoms with Gasteiger partial charge in [-0.05, 0) is 61.6 Å². The third kappa shape index (κ3) is 3.22. The molecule has 1 saturated carbocycles. The van der Waals surface area contributed by atoms with Crippen LogP contribution < -0.4 is 5.32 Å². The van der Waals surface area contributed by atoms with Crippen LogP contribution in [0.3, 0.4) is 0 Å². The predicted octanol–water partition coefficient (Wildman–Crippen LogP) is 3.58. The van der Waals surface area contributed by atoms with Crippen LogP contribution in [0.5, 0.6) is 0 Å². The fourth-order valence-electron chi connectivity index (χ4n) is 2.92. The van der Waals surface area contributed by atoms with Gasteiger partial charge in [0.2, 0.25) is 0 Å². The van der Waals surface area contributed by atoms with Crippen molar-refractivity contribution >= 4 is 5.91 Å². The summed E-state index contributed by atoms with van der Waals surface area (Å²) in [5, 5.41) is 7.22. The van der Waals surface area contributed by atoms with Crippen molar-refractivity contribution in [3.8, 4) is 16.8 Å². The summed E-state index contributed by atoms with van der Waals surface area (Å²) < 4.78 is 16.0. The second-order valence-corrected chi connectivity index (χ2v) is 6.79. The predicted molar refractivity (Wildman–Crippen MR) is 96.7 cm³/mol. The minimum absolute atomic E-state index is 0.0717. The van der Waals surface area contributed by atoms with E-state index >= 15 is 0 Å². The molecule has 132 valence electrons. The van der Waals surface area contributed by atoms with Gasteiger partial charge in [0.05, 0.1) is 23.6 Å². The smallest absolute Gasteiger partial charge is 0.254 e. The number of benzene rings is 1. The minimum Gasteiger partial charge on any atom is -0.349 e. The summed E-state index contributed by atoms with van der Waals surface area (Å²) in [6.45, 7) is 3.79. The largest absolute Gasteiger partial charge is 0.349 e. The van der Waals surface area contributed by atoms with E-state index in [0.29, 0.717) is 0 Å². The van der Waals surface area contributed by atoms with Gasteiger partial charge in [-0.15, -0.1) is 0 Å². The first-order chi connectivity index (χ1) is 12.5. The van der Waals surface area contributed by atoms with Gasteiger partial charge in [0, 0.05) is 24.0 Å². The number of rotatable bonds is 4. The maximum atomic E-state index is 14.3. The third-order valence-electron chi connectivity index (χ3n) is 4.49. The molecule has 0 radical (unpaired) electrons. The summed E-state index contributed by atoms with van der Waals surface area (Å²) >= 11 is 0. The molecule has 26 heavy (non-hydrogen) atoms. The van der Waals surface area contributed by atoms with E-state index in [2.05, 4.69) is 15.4 Å². The molecule has 5 nitrogen and oxygen atoms in total. The average Bonchev–Trinajstić information content (AvgIpc) is 3.28. The molecule has 1 N–H and O–H groups in total. The molecule has 1 aliphatic rings. The van der Waals surface area contributed by atoms with Crippen molar-refractivity contribution in [2.45, 2.75) is 32.7 Å². The normalized spacial score (nSPS) is 13.7. The molecule has 0 atom stereocenters. The van der Waals surface area contributed by atoms with E-state index in [1.54, 1.807) is 29.3 Å². The molecule has 1 fully saturated rings. The highest BCUT2D eigenvalue weighted by Crippen LogP contribution is 2.28. The van der Waals surface area contributed by atoms with Crippen molar-refractivity contribution in [2.24, 2.45) is 0 Å². The SMILES string of the molecule is Cc1cncc(-n2cc(-c3cc(C(=O)NC4CC4)c(F)cc3C)cn2)c1. The van der Waals surface area contributed by atoms with E-state index in [1.807, 2.05) is 26.1 Å². The molecule has 6 heteroatoms. The van der Waals surface area contributed by atoms with Gasteiger partial charge < -0.3 is 5.32 Å². The van der Waals surface area contributed by atoms with E-state index < -0.39 is 5.82 Å². The van der Waals surface area contributed by atoms with Crippen LogP contribution in [0.1, 0.15) is 34.3 Å². The quantitative estimate of drug-likeness (QED) is 0.782. The number of carbonyl (C=O) groups excluding carboxylic acids is 1. The molecule has 0 saturated heterocycles. The number of amides is 1. The Morgan fingerprint density at radius 2 is 2.00 bits per heavy atom. The number of nitrogens with one attached hydrogen (secondary N) is 1. The first-order valence-electron chi connectivity index (χ1n) is 8.59. The lowest BCUT2D eigenvalue weighted by Crippen LogP contribution is -2.26. The molecule has 1 amide bonds. The summed E-state index contributed by atoms with van der Waals surface area (Å²) in [5.74, 6) is -0.860. The second kappa shape index (κ2) is 6.37. The molecule has 0 aliphatic heterocycles. The fraction of sp³-hybridized carbons (Fsp3) is 0.250. The Morgan fingerprint density at radius 3 is 2.73 bits per heavy atom. The Balaban J connectivity index is 1.70. The van der Waals surface area contributed by atoms with Gasteiger partial charge in [0.1, 0.15) is 5.82 Å². The van der Waals surface area contributed by atoms with E-state index in [-0.39, 0.29) is 17.5 Å². The fourth-order valence-corrected chi connectivity index (χ4v) is 2.92. The summed E-state index contributed by atoms with van der Waals surface area (Å²) in [6, 6.07) is 5.18. The zero-order valence-corrected chi connectivity index (χ0v) is 14.7. The maximum absolute atomic E-state index is 14.3. The molecule has 0 bridgehead atoms. The van der Waals surface area contributed by atoms with Crippen LogP contribution in [-0.2, 0) is 0 Å². The van der Waals surface area contributed by atoms with Crippen LogP contribution in [0.2, 0.25) is 0 Å². The van der Waals surface area contributed by atoms with Crippen LogP contribution in [0.25, 0.3) is 16.8 Å². The van der Waals surface area contributed by atoms with Crippen LogP contribution in [0, 0.1) is 19.7 Å².